The van der Waals surface area contributed by atoms with Crippen molar-refractivity contribution in [2.45, 2.75) is 11.8 Å². The lowest BCUT2D eigenvalue weighted by molar-refractivity contribution is 0.340. The molecule has 0 amide bonds. The quantitative estimate of drug-likeness (QED) is 0.600. The van der Waals surface area contributed by atoms with Gasteiger partial charge in [-0.05, 0) is 36.8 Å². The summed E-state index contributed by atoms with van der Waals surface area (Å²) in [5, 5.41) is 0. The zero-order valence-corrected chi connectivity index (χ0v) is 13.8. The number of hydrogen-bond donors (Lipinski definition) is 0. The minimum Gasteiger partial charge on any atom is -0.494 e. The molecule has 0 heterocycles. The third kappa shape index (κ3) is 3.20. The molecule has 0 aliphatic rings. The van der Waals surface area contributed by atoms with Crippen LogP contribution in [0.3, 0.4) is 0 Å². The molecule has 1 nitrogen and oxygen atoms in total. The first-order chi connectivity index (χ1) is 9.54. The SMILES string of the molecule is CCOc1ccc(C(Br)c2c(F)cccc2F)c(Br)c1. The molecule has 2 rings (SSSR count). The van der Waals surface area contributed by atoms with Crippen LogP contribution in [0.1, 0.15) is 22.9 Å². The lowest BCUT2D eigenvalue weighted by Crippen LogP contribution is -2.02. The predicted octanol–water partition coefficient (Wildman–Crippen LogP) is 5.61. The summed E-state index contributed by atoms with van der Waals surface area (Å²) >= 11 is 6.77. The normalized spacial score (nSPS) is 12.2. The zero-order chi connectivity index (χ0) is 14.7. The minimum absolute atomic E-state index is 0.00244. The summed E-state index contributed by atoms with van der Waals surface area (Å²) in [6, 6.07) is 9.17. The molecule has 0 fully saturated rings. The van der Waals surface area contributed by atoms with Gasteiger partial charge in [0.05, 0.1) is 11.4 Å². The van der Waals surface area contributed by atoms with E-state index in [0.717, 1.165) is 10.0 Å². The Morgan fingerprint density at radius 1 is 1.15 bits per heavy atom. The van der Waals surface area contributed by atoms with E-state index in [-0.39, 0.29) is 5.56 Å². The van der Waals surface area contributed by atoms with Gasteiger partial charge in [0.25, 0.3) is 0 Å². The minimum atomic E-state index is -0.576. The van der Waals surface area contributed by atoms with Crippen LogP contribution in [0.4, 0.5) is 8.78 Å². The van der Waals surface area contributed by atoms with Crippen molar-refractivity contribution >= 4 is 31.9 Å². The van der Waals surface area contributed by atoms with Crippen LogP contribution in [0.25, 0.3) is 0 Å². The van der Waals surface area contributed by atoms with Crippen LogP contribution in [-0.4, -0.2) is 6.61 Å². The van der Waals surface area contributed by atoms with Crippen LogP contribution in [0.5, 0.6) is 5.75 Å². The first kappa shape index (κ1) is 15.4. The molecule has 0 N–H and O–H groups in total. The van der Waals surface area contributed by atoms with Gasteiger partial charge in [0.1, 0.15) is 17.4 Å². The molecule has 1 unspecified atom stereocenters. The average molecular weight is 406 g/mol. The van der Waals surface area contributed by atoms with E-state index in [2.05, 4.69) is 31.9 Å². The lowest BCUT2D eigenvalue weighted by Gasteiger charge is -2.15. The molecule has 106 valence electrons. The van der Waals surface area contributed by atoms with Crippen molar-refractivity contribution in [2.75, 3.05) is 6.61 Å². The van der Waals surface area contributed by atoms with Crippen LogP contribution in [0.2, 0.25) is 0 Å². The number of rotatable bonds is 4. The topological polar surface area (TPSA) is 9.23 Å². The van der Waals surface area contributed by atoms with E-state index in [1.165, 1.54) is 18.2 Å². The molecule has 0 saturated carbocycles. The maximum atomic E-state index is 13.8. The fourth-order valence-electron chi connectivity index (χ4n) is 1.88. The largest absolute Gasteiger partial charge is 0.494 e. The molecule has 0 aliphatic heterocycles. The molecule has 0 radical (unpaired) electrons. The van der Waals surface area contributed by atoms with E-state index in [1.807, 2.05) is 6.92 Å². The standard InChI is InChI=1S/C15H12Br2F2O/c1-2-20-9-6-7-10(11(16)8-9)15(17)14-12(18)4-3-5-13(14)19/h3-8,15H,2H2,1H3. The predicted molar refractivity (Wildman–Crippen MR) is 82.4 cm³/mol. The molecule has 20 heavy (non-hydrogen) atoms. The molecule has 0 aliphatic carbocycles. The Morgan fingerprint density at radius 3 is 2.35 bits per heavy atom. The summed E-state index contributed by atoms with van der Waals surface area (Å²) in [4.78, 5) is -0.575. The van der Waals surface area contributed by atoms with E-state index < -0.39 is 16.5 Å². The third-order valence-corrected chi connectivity index (χ3v) is 4.45. The van der Waals surface area contributed by atoms with E-state index in [1.54, 1.807) is 18.2 Å². The monoisotopic (exact) mass is 404 g/mol. The van der Waals surface area contributed by atoms with Crippen LogP contribution in [-0.2, 0) is 0 Å². The fraction of sp³-hybridized carbons (Fsp3) is 0.200. The van der Waals surface area contributed by atoms with E-state index in [4.69, 9.17) is 4.74 Å². The van der Waals surface area contributed by atoms with Gasteiger partial charge in [0, 0.05) is 10.0 Å². The molecule has 0 saturated heterocycles. The summed E-state index contributed by atoms with van der Waals surface area (Å²) in [5.74, 6) is -0.447. The van der Waals surface area contributed by atoms with Crippen molar-refractivity contribution < 1.29 is 13.5 Å². The summed E-state index contributed by atoms with van der Waals surface area (Å²) in [6.45, 7) is 2.45. The zero-order valence-electron chi connectivity index (χ0n) is 10.7. The second-order valence-electron chi connectivity index (χ2n) is 4.11. The fourth-order valence-corrected chi connectivity index (χ4v) is 3.61. The Kier molecular flexibility index (Phi) is 5.16. The number of hydrogen-bond acceptors (Lipinski definition) is 1. The van der Waals surface area contributed by atoms with Crippen LogP contribution in [0.15, 0.2) is 40.9 Å². The average Bonchev–Trinajstić information content (AvgIpc) is 2.38. The van der Waals surface area contributed by atoms with Crippen LogP contribution in [0, 0.1) is 11.6 Å². The van der Waals surface area contributed by atoms with E-state index >= 15 is 0 Å². The molecular weight excluding hydrogens is 394 g/mol. The highest BCUT2D eigenvalue weighted by atomic mass is 79.9. The molecule has 0 spiro atoms. The second kappa shape index (κ2) is 6.68. The number of ether oxygens (including phenoxy) is 1. The molecule has 0 bridgehead atoms. The molecule has 2 aromatic carbocycles. The van der Waals surface area contributed by atoms with Gasteiger partial charge in [-0.3, -0.25) is 0 Å². The van der Waals surface area contributed by atoms with Crippen molar-refractivity contribution in [3.05, 3.63) is 63.6 Å². The van der Waals surface area contributed by atoms with Gasteiger partial charge in [-0.25, -0.2) is 8.78 Å². The van der Waals surface area contributed by atoms with Gasteiger partial charge in [0.2, 0.25) is 0 Å². The molecule has 2 aromatic rings. The van der Waals surface area contributed by atoms with E-state index in [9.17, 15) is 8.78 Å². The van der Waals surface area contributed by atoms with Crippen molar-refractivity contribution in [1.29, 1.82) is 0 Å². The Bertz CT molecular complexity index is 597. The first-order valence-electron chi connectivity index (χ1n) is 6.04. The van der Waals surface area contributed by atoms with E-state index in [0.29, 0.717) is 12.4 Å². The van der Waals surface area contributed by atoms with Gasteiger partial charge in [-0.1, -0.05) is 44.0 Å². The second-order valence-corrected chi connectivity index (χ2v) is 5.88. The van der Waals surface area contributed by atoms with Crippen molar-refractivity contribution in [1.82, 2.24) is 0 Å². The van der Waals surface area contributed by atoms with Gasteiger partial charge in [-0.15, -0.1) is 0 Å². The molecule has 5 heteroatoms. The molecular formula is C15H12Br2F2O. The molecule has 0 aromatic heterocycles. The Labute approximate surface area is 133 Å². The van der Waals surface area contributed by atoms with Crippen molar-refractivity contribution in [3.63, 3.8) is 0 Å². The Balaban J connectivity index is 2.41. The summed E-state index contributed by atoms with van der Waals surface area (Å²) < 4.78 is 33.7. The number of alkyl halides is 1. The first-order valence-corrected chi connectivity index (χ1v) is 7.75. The summed E-state index contributed by atoms with van der Waals surface area (Å²) in [6.07, 6.45) is 0. The van der Waals surface area contributed by atoms with Gasteiger partial charge in [-0.2, -0.15) is 0 Å². The third-order valence-electron chi connectivity index (χ3n) is 2.81. The highest BCUT2D eigenvalue weighted by Crippen LogP contribution is 2.39. The highest BCUT2D eigenvalue weighted by Gasteiger charge is 2.21. The lowest BCUT2D eigenvalue weighted by atomic mass is 10.0. The number of halogens is 4. The van der Waals surface area contributed by atoms with Gasteiger partial charge in [0.15, 0.2) is 0 Å². The van der Waals surface area contributed by atoms with Crippen LogP contribution < -0.4 is 4.74 Å². The maximum absolute atomic E-state index is 13.8. The van der Waals surface area contributed by atoms with Gasteiger partial charge >= 0.3 is 0 Å². The summed E-state index contributed by atoms with van der Waals surface area (Å²) in [5.41, 5.74) is 0.731. The van der Waals surface area contributed by atoms with Crippen LogP contribution >= 0.6 is 31.9 Å². The summed E-state index contributed by atoms with van der Waals surface area (Å²) in [7, 11) is 0. The Morgan fingerprint density at radius 2 is 1.80 bits per heavy atom. The number of benzene rings is 2. The maximum Gasteiger partial charge on any atom is 0.130 e. The Hall–Kier alpha value is -0.940. The van der Waals surface area contributed by atoms with Crippen molar-refractivity contribution in [2.24, 2.45) is 0 Å². The molecule has 1 atom stereocenters. The highest BCUT2D eigenvalue weighted by molar-refractivity contribution is 9.11. The van der Waals surface area contributed by atoms with Crippen molar-refractivity contribution in [3.8, 4) is 5.75 Å². The smallest absolute Gasteiger partial charge is 0.130 e. The van der Waals surface area contributed by atoms with Gasteiger partial charge < -0.3 is 4.74 Å².